The highest BCUT2D eigenvalue weighted by Crippen LogP contribution is 2.34. The molecule has 1 aromatic rings. The van der Waals surface area contributed by atoms with E-state index >= 15 is 0 Å². The maximum absolute atomic E-state index is 12.3. The summed E-state index contributed by atoms with van der Waals surface area (Å²) >= 11 is 0. The van der Waals surface area contributed by atoms with Crippen LogP contribution in [0.3, 0.4) is 0 Å². The van der Waals surface area contributed by atoms with Gasteiger partial charge in [0.05, 0.1) is 6.61 Å². The van der Waals surface area contributed by atoms with Crippen molar-refractivity contribution >= 4 is 11.7 Å². The van der Waals surface area contributed by atoms with Crippen molar-refractivity contribution in [2.75, 3.05) is 45.9 Å². The van der Waals surface area contributed by atoms with Crippen molar-refractivity contribution in [2.45, 2.75) is 96.4 Å². The van der Waals surface area contributed by atoms with Gasteiger partial charge in [-0.15, -0.1) is 0 Å². The van der Waals surface area contributed by atoms with Crippen LogP contribution in [0.4, 0.5) is 4.79 Å². The summed E-state index contributed by atoms with van der Waals surface area (Å²) in [5.41, 5.74) is 2.19. The molecule has 3 aliphatic heterocycles. The SMILES string of the molecule is CC(C)(C)OC(=O)N1CCC(COc2ccc(C3=CCC(C(O)N4CCC(N5CCCC5)CC4)CC3)cc2)CC1. The molecule has 0 aromatic heterocycles. The highest BCUT2D eigenvalue weighted by atomic mass is 16.6. The topological polar surface area (TPSA) is 65.5 Å². The number of ether oxygens (including phenoxy) is 2. The molecule has 2 atom stereocenters. The van der Waals surface area contributed by atoms with E-state index in [0.717, 1.165) is 70.1 Å². The molecule has 3 fully saturated rings. The Balaban J connectivity index is 1.02. The predicted octanol–water partition coefficient (Wildman–Crippen LogP) is 5.77. The fraction of sp³-hybridized carbons (Fsp3) is 0.727. The lowest BCUT2D eigenvalue weighted by atomic mass is 9.85. The molecule has 2 unspecified atom stereocenters. The fourth-order valence-corrected chi connectivity index (χ4v) is 6.90. The van der Waals surface area contributed by atoms with E-state index in [1.165, 1.54) is 49.9 Å². The number of carbonyl (C=O) groups is 1. The van der Waals surface area contributed by atoms with Crippen LogP contribution >= 0.6 is 0 Å². The van der Waals surface area contributed by atoms with Crippen LogP contribution in [0, 0.1) is 11.8 Å². The summed E-state index contributed by atoms with van der Waals surface area (Å²) in [4.78, 5) is 19.1. The molecule has 0 saturated carbocycles. The van der Waals surface area contributed by atoms with E-state index in [1.807, 2.05) is 25.7 Å². The van der Waals surface area contributed by atoms with Crippen LogP contribution in [-0.4, -0.2) is 89.6 Å². The smallest absolute Gasteiger partial charge is 0.410 e. The molecule has 5 rings (SSSR count). The molecule has 0 bridgehead atoms. The summed E-state index contributed by atoms with van der Waals surface area (Å²) < 4.78 is 11.6. The number of rotatable bonds is 7. The molecule has 7 heteroatoms. The zero-order valence-electron chi connectivity index (χ0n) is 25.0. The van der Waals surface area contributed by atoms with Crippen molar-refractivity contribution in [3.05, 3.63) is 35.9 Å². The van der Waals surface area contributed by atoms with Gasteiger partial charge in [-0.05, 0) is 121 Å². The number of hydrogen-bond acceptors (Lipinski definition) is 6. The third kappa shape index (κ3) is 7.80. The Kier molecular flexibility index (Phi) is 9.75. The number of aliphatic hydroxyl groups is 1. The van der Waals surface area contributed by atoms with Gasteiger partial charge < -0.3 is 24.4 Å². The zero-order chi connectivity index (χ0) is 28.1. The number of allylic oxidation sites excluding steroid dienone is 2. The quantitative estimate of drug-likeness (QED) is 0.462. The Morgan fingerprint density at radius 2 is 1.62 bits per heavy atom. The number of benzene rings is 1. The van der Waals surface area contributed by atoms with Crippen LogP contribution in [0.5, 0.6) is 5.75 Å². The van der Waals surface area contributed by atoms with E-state index in [2.05, 4.69) is 40.1 Å². The molecular weight excluding hydrogens is 502 g/mol. The molecule has 0 spiro atoms. The van der Waals surface area contributed by atoms with Crippen LogP contribution in [0.1, 0.15) is 84.1 Å². The lowest BCUT2D eigenvalue weighted by Crippen LogP contribution is -2.49. The average Bonchev–Trinajstić information content (AvgIpc) is 3.51. The van der Waals surface area contributed by atoms with Gasteiger partial charge in [0.2, 0.25) is 0 Å². The molecule has 4 aliphatic rings. The fourth-order valence-electron chi connectivity index (χ4n) is 6.90. The molecule has 222 valence electrons. The normalized spacial score (nSPS) is 25.1. The van der Waals surface area contributed by atoms with E-state index in [-0.39, 0.29) is 12.3 Å². The molecule has 40 heavy (non-hydrogen) atoms. The van der Waals surface area contributed by atoms with Crippen molar-refractivity contribution in [3.8, 4) is 5.75 Å². The van der Waals surface area contributed by atoms with Crippen LogP contribution in [0.2, 0.25) is 0 Å². The van der Waals surface area contributed by atoms with Gasteiger partial charge in [0, 0.05) is 38.1 Å². The van der Waals surface area contributed by atoms with Gasteiger partial charge in [-0.3, -0.25) is 4.90 Å². The molecule has 3 heterocycles. The summed E-state index contributed by atoms with van der Waals surface area (Å²) in [6.07, 6.45) is 11.8. The third-order valence-electron chi connectivity index (χ3n) is 9.38. The Hall–Kier alpha value is -2.09. The molecule has 1 N–H and O–H groups in total. The van der Waals surface area contributed by atoms with Gasteiger partial charge in [-0.25, -0.2) is 4.79 Å². The predicted molar refractivity (Wildman–Crippen MR) is 159 cm³/mol. The molecular formula is C33H51N3O4. The first-order valence-electron chi connectivity index (χ1n) is 15.8. The lowest BCUT2D eigenvalue weighted by molar-refractivity contribution is -0.0606. The highest BCUT2D eigenvalue weighted by Gasteiger charge is 2.33. The largest absolute Gasteiger partial charge is 0.493 e. The van der Waals surface area contributed by atoms with E-state index < -0.39 is 5.60 Å². The third-order valence-corrected chi connectivity index (χ3v) is 9.38. The van der Waals surface area contributed by atoms with Crippen molar-refractivity contribution in [2.24, 2.45) is 11.8 Å². The Morgan fingerprint density at radius 3 is 2.23 bits per heavy atom. The number of carbonyl (C=O) groups excluding carboxylic acids is 1. The summed E-state index contributed by atoms with van der Waals surface area (Å²) in [5.74, 6) is 1.69. The summed E-state index contributed by atoms with van der Waals surface area (Å²) in [6.45, 7) is 12.4. The van der Waals surface area contributed by atoms with Crippen molar-refractivity contribution in [3.63, 3.8) is 0 Å². The van der Waals surface area contributed by atoms with Crippen molar-refractivity contribution in [1.82, 2.24) is 14.7 Å². The zero-order valence-corrected chi connectivity index (χ0v) is 25.0. The van der Waals surface area contributed by atoms with Crippen LogP contribution in [0.25, 0.3) is 5.57 Å². The first-order chi connectivity index (χ1) is 19.2. The number of aliphatic hydroxyl groups excluding tert-OH is 1. The standard InChI is InChI=1S/C33H51N3O4/c1-33(2,3)40-32(38)36-20-14-25(15-21-36)24-39-30-12-10-27(11-13-30)26-6-8-28(9-7-26)31(37)35-22-16-29(17-23-35)34-18-4-5-19-34/h6,10-13,25,28-29,31,37H,4-5,7-9,14-24H2,1-3H3. The number of likely N-dealkylation sites (tertiary alicyclic amines) is 3. The van der Waals surface area contributed by atoms with Gasteiger partial charge in [-0.2, -0.15) is 0 Å². The second kappa shape index (κ2) is 13.3. The average molecular weight is 554 g/mol. The van der Waals surface area contributed by atoms with E-state index in [9.17, 15) is 9.90 Å². The minimum atomic E-state index is -0.454. The van der Waals surface area contributed by atoms with Gasteiger partial charge in [-0.1, -0.05) is 18.2 Å². The van der Waals surface area contributed by atoms with Crippen molar-refractivity contribution in [1.29, 1.82) is 0 Å². The number of hydrogen-bond donors (Lipinski definition) is 1. The summed E-state index contributed by atoms with van der Waals surface area (Å²) in [6, 6.07) is 9.24. The summed E-state index contributed by atoms with van der Waals surface area (Å²) in [5, 5.41) is 11.1. The monoisotopic (exact) mass is 553 g/mol. The number of amides is 1. The first kappa shape index (κ1) is 29.4. The number of piperidine rings is 2. The molecule has 1 aliphatic carbocycles. The molecule has 7 nitrogen and oxygen atoms in total. The van der Waals surface area contributed by atoms with Gasteiger partial charge in [0.25, 0.3) is 0 Å². The second-order valence-corrected chi connectivity index (χ2v) is 13.4. The Labute approximate surface area is 241 Å². The minimum absolute atomic E-state index is 0.210. The first-order valence-corrected chi connectivity index (χ1v) is 15.8. The lowest BCUT2D eigenvalue weighted by Gasteiger charge is -2.41. The van der Waals surface area contributed by atoms with Crippen LogP contribution in [-0.2, 0) is 4.74 Å². The molecule has 1 aromatic carbocycles. The Bertz CT molecular complexity index is 982. The molecule has 3 saturated heterocycles. The van der Waals surface area contributed by atoms with Gasteiger partial charge >= 0.3 is 6.09 Å². The van der Waals surface area contributed by atoms with E-state index in [1.54, 1.807) is 0 Å². The van der Waals surface area contributed by atoms with Crippen LogP contribution in [0.15, 0.2) is 30.3 Å². The minimum Gasteiger partial charge on any atom is -0.493 e. The van der Waals surface area contributed by atoms with Gasteiger partial charge in [0.15, 0.2) is 0 Å². The maximum atomic E-state index is 12.3. The van der Waals surface area contributed by atoms with Crippen molar-refractivity contribution < 1.29 is 19.4 Å². The second-order valence-electron chi connectivity index (χ2n) is 13.4. The molecule has 1 amide bonds. The maximum Gasteiger partial charge on any atom is 0.410 e. The number of nitrogens with zero attached hydrogens (tertiary/aromatic N) is 3. The highest BCUT2D eigenvalue weighted by molar-refractivity contribution is 5.68. The van der Waals surface area contributed by atoms with E-state index in [0.29, 0.717) is 18.4 Å². The van der Waals surface area contributed by atoms with Crippen LogP contribution < -0.4 is 4.74 Å². The van der Waals surface area contributed by atoms with Gasteiger partial charge in [0.1, 0.15) is 17.6 Å². The Morgan fingerprint density at radius 1 is 0.950 bits per heavy atom. The molecule has 0 radical (unpaired) electrons. The summed E-state index contributed by atoms with van der Waals surface area (Å²) in [7, 11) is 0. The van der Waals surface area contributed by atoms with E-state index in [4.69, 9.17) is 9.47 Å².